The van der Waals surface area contributed by atoms with E-state index in [4.69, 9.17) is 0 Å². The highest BCUT2D eigenvalue weighted by molar-refractivity contribution is 8.14. The highest BCUT2D eigenvalue weighted by Gasteiger charge is 2.48. The Morgan fingerprint density at radius 1 is 1.20 bits per heavy atom. The maximum Gasteiger partial charge on any atom is 0.323 e. The Bertz CT molecular complexity index is 809. The van der Waals surface area contributed by atoms with Gasteiger partial charge in [0, 0.05) is 12.5 Å². The Balaban J connectivity index is 1.74. The Hall–Kier alpha value is -2.35. The van der Waals surface area contributed by atoms with Gasteiger partial charge >= 0.3 is 5.97 Å². The Morgan fingerprint density at radius 3 is 2.43 bits per heavy atom. The molecule has 1 aliphatic heterocycles. The summed E-state index contributed by atoms with van der Waals surface area (Å²) in [5.74, 6) is -1.73. The van der Waals surface area contributed by atoms with Crippen LogP contribution in [0.5, 0.6) is 0 Å². The Labute approximate surface area is 180 Å². The Kier molecular flexibility index (Phi) is 7.18. The van der Waals surface area contributed by atoms with E-state index in [0.29, 0.717) is 12.8 Å². The summed E-state index contributed by atoms with van der Waals surface area (Å²) in [6, 6.07) is 8.66. The first kappa shape index (κ1) is 22.3. The zero-order valence-electron chi connectivity index (χ0n) is 17.1. The number of benzene rings is 1. The van der Waals surface area contributed by atoms with Crippen LogP contribution in [0, 0.1) is 0 Å². The summed E-state index contributed by atoms with van der Waals surface area (Å²) >= 11 is 0.954. The van der Waals surface area contributed by atoms with Crippen LogP contribution >= 0.6 is 11.8 Å². The van der Waals surface area contributed by atoms with Gasteiger partial charge in [-0.3, -0.25) is 19.2 Å². The maximum atomic E-state index is 13.2. The number of carbonyl (C=O) groups excluding carboxylic acids is 3. The highest BCUT2D eigenvalue weighted by atomic mass is 32.2. The number of aliphatic carboxylic acids is 1. The Morgan fingerprint density at radius 2 is 1.87 bits per heavy atom. The number of likely N-dealkylation sites (tertiary alicyclic amines) is 1. The maximum absolute atomic E-state index is 13.2. The van der Waals surface area contributed by atoms with Crippen molar-refractivity contribution in [2.24, 2.45) is 0 Å². The summed E-state index contributed by atoms with van der Waals surface area (Å²) in [4.78, 5) is 50.8. The van der Waals surface area contributed by atoms with Crippen LogP contribution < -0.4 is 5.32 Å². The van der Waals surface area contributed by atoms with Gasteiger partial charge in [0.05, 0.1) is 5.25 Å². The van der Waals surface area contributed by atoms with Crippen molar-refractivity contribution < 1.29 is 24.3 Å². The minimum atomic E-state index is -1.05. The molecule has 2 unspecified atom stereocenters. The van der Waals surface area contributed by atoms with Crippen molar-refractivity contribution in [3.8, 4) is 0 Å². The second kappa shape index (κ2) is 9.64. The molecule has 1 heterocycles. The van der Waals surface area contributed by atoms with Crippen molar-refractivity contribution in [3.05, 3.63) is 35.9 Å². The summed E-state index contributed by atoms with van der Waals surface area (Å²) in [7, 11) is 0. The largest absolute Gasteiger partial charge is 0.480 e. The smallest absolute Gasteiger partial charge is 0.323 e. The number of rotatable bonds is 7. The van der Waals surface area contributed by atoms with Crippen molar-refractivity contribution in [2.45, 2.75) is 68.7 Å². The lowest BCUT2D eigenvalue weighted by atomic mass is 9.72. The molecule has 0 bridgehead atoms. The lowest BCUT2D eigenvalue weighted by Crippen LogP contribution is -2.60. The van der Waals surface area contributed by atoms with Gasteiger partial charge in [-0.25, -0.2) is 0 Å². The van der Waals surface area contributed by atoms with Gasteiger partial charge < -0.3 is 15.3 Å². The van der Waals surface area contributed by atoms with Crippen molar-refractivity contribution >= 4 is 34.7 Å². The van der Waals surface area contributed by atoms with E-state index in [1.807, 2.05) is 30.3 Å². The van der Waals surface area contributed by atoms with Crippen LogP contribution in [-0.2, 0) is 25.6 Å². The number of hydrogen-bond donors (Lipinski definition) is 2. The monoisotopic (exact) mass is 432 g/mol. The van der Waals surface area contributed by atoms with Crippen LogP contribution in [0.25, 0.3) is 0 Å². The molecule has 1 aromatic rings. The van der Waals surface area contributed by atoms with Crippen molar-refractivity contribution in [3.63, 3.8) is 0 Å². The third-order valence-corrected chi connectivity index (χ3v) is 7.03. The fourth-order valence-corrected chi connectivity index (χ4v) is 5.27. The first-order chi connectivity index (χ1) is 14.3. The molecule has 2 N–H and O–H groups in total. The quantitative estimate of drug-likeness (QED) is 0.686. The molecular weight excluding hydrogens is 404 g/mol. The van der Waals surface area contributed by atoms with Crippen LogP contribution in [0.2, 0.25) is 0 Å². The predicted molar refractivity (Wildman–Crippen MR) is 114 cm³/mol. The van der Waals surface area contributed by atoms with Crippen molar-refractivity contribution in [2.75, 3.05) is 6.54 Å². The average Bonchev–Trinajstić information content (AvgIpc) is 2.79. The fraction of sp³-hybridized carbons (Fsp3) is 0.545. The van der Waals surface area contributed by atoms with E-state index in [1.54, 1.807) is 0 Å². The van der Waals surface area contributed by atoms with Gasteiger partial charge in [-0.15, -0.1) is 0 Å². The molecule has 7 nitrogen and oxygen atoms in total. The summed E-state index contributed by atoms with van der Waals surface area (Å²) in [6.07, 6.45) is 4.96. The average molecular weight is 433 g/mol. The lowest BCUT2D eigenvalue weighted by molar-refractivity contribution is -0.153. The summed E-state index contributed by atoms with van der Waals surface area (Å²) in [5.41, 5.74) is 0.548. The SMILES string of the molecule is CC(=O)SC(Cc1ccccc1)C(=O)NC1CCCC2(CCC2)N(CC(=O)O)C1=O. The summed E-state index contributed by atoms with van der Waals surface area (Å²) in [5, 5.41) is 11.3. The van der Waals surface area contributed by atoms with Gasteiger partial charge in [0.15, 0.2) is 5.12 Å². The summed E-state index contributed by atoms with van der Waals surface area (Å²) in [6.45, 7) is 1.07. The van der Waals surface area contributed by atoms with Crippen LogP contribution in [0.1, 0.15) is 51.0 Å². The minimum Gasteiger partial charge on any atom is -0.480 e. The van der Waals surface area contributed by atoms with Gasteiger partial charge in [-0.05, 0) is 50.5 Å². The van der Waals surface area contributed by atoms with Crippen LogP contribution in [0.4, 0.5) is 0 Å². The molecule has 2 aliphatic rings. The number of carboxylic acids is 1. The van der Waals surface area contributed by atoms with E-state index in [0.717, 1.165) is 49.4 Å². The molecule has 1 spiro atoms. The second-order valence-electron chi connectivity index (χ2n) is 8.14. The number of nitrogens with one attached hydrogen (secondary N) is 1. The number of thioether (sulfide) groups is 1. The summed E-state index contributed by atoms with van der Waals surface area (Å²) < 4.78 is 0. The van der Waals surface area contributed by atoms with E-state index >= 15 is 0 Å². The molecule has 2 fully saturated rings. The molecule has 162 valence electrons. The molecule has 0 radical (unpaired) electrons. The van der Waals surface area contributed by atoms with E-state index in [9.17, 15) is 24.3 Å². The number of hydrogen-bond acceptors (Lipinski definition) is 5. The van der Waals surface area contributed by atoms with E-state index in [1.165, 1.54) is 11.8 Å². The molecule has 1 saturated carbocycles. The molecule has 2 amide bonds. The van der Waals surface area contributed by atoms with Crippen molar-refractivity contribution in [1.82, 2.24) is 10.2 Å². The molecule has 2 atom stereocenters. The number of carbonyl (C=O) groups is 4. The highest BCUT2D eigenvalue weighted by Crippen LogP contribution is 2.43. The van der Waals surface area contributed by atoms with E-state index in [-0.39, 0.29) is 29.0 Å². The van der Waals surface area contributed by atoms with Crippen molar-refractivity contribution in [1.29, 1.82) is 0 Å². The topological polar surface area (TPSA) is 104 Å². The third-order valence-electron chi connectivity index (χ3n) is 6.03. The van der Waals surface area contributed by atoms with E-state index < -0.39 is 17.3 Å². The van der Waals surface area contributed by atoms with Gasteiger partial charge in [0.25, 0.3) is 0 Å². The van der Waals surface area contributed by atoms with Gasteiger partial charge in [-0.1, -0.05) is 42.1 Å². The van der Waals surface area contributed by atoms with Gasteiger partial charge in [0.2, 0.25) is 11.8 Å². The zero-order valence-corrected chi connectivity index (χ0v) is 18.0. The molecule has 1 aromatic carbocycles. The van der Waals surface area contributed by atoms with Crippen LogP contribution in [0.3, 0.4) is 0 Å². The molecule has 3 rings (SSSR count). The number of amides is 2. The fourth-order valence-electron chi connectivity index (χ4n) is 4.42. The predicted octanol–water partition coefficient (Wildman–Crippen LogP) is 2.38. The first-order valence-electron chi connectivity index (χ1n) is 10.4. The number of nitrogens with zero attached hydrogens (tertiary/aromatic N) is 1. The molecule has 1 aliphatic carbocycles. The molecule has 8 heteroatoms. The van der Waals surface area contributed by atoms with E-state index in [2.05, 4.69) is 5.32 Å². The lowest BCUT2D eigenvalue weighted by Gasteiger charge is -2.49. The van der Waals surface area contributed by atoms with Crippen LogP contribution in [0.15, 0.2) is 30.3 Å². The molecule has 1 saturated heterocycles. The third kappa shape index (κ3) is 5.22. The van der Waals surface area contributed by atoms with Gasteiger partial charge in [0.1, 0.15) is 12.6 Å². The molecule has 30 heavy (non-hydrogen) atoms. The van der Waals surface area contributed by atoms with Gasteiger partial charge in [-0.2, -0.15) is 0 Å². The minimum absolute atomic E-state index is 0.167. The van der Waals surface area contributed by atoms with Crippen LogP contribution in [-0.4, -0.2) is 56.3 Å². The standard InChI is InChI=1S/C22H28N2O5S/c1-15(25)30-18(13-16-7-3-2-4-8-16)20(28)23-17-9-5-10-22(11-6-12-22)24(21(17)29)14-19(26)27/h2-4,7-8,17-18H,5-6,9-14H2,1H3,(H,23,28)(H,26,27). The normalized spacial score (nSPS) is 21.4. The molecule has 0 aromatic heterocycles. The second-order valence-corrected chi connectivity index (χ2v) is 9.52. The molecular formula is C22H28N2O5S. The zero-order chi connectivity index (χ0) is 21.7. The first-order valence-corrected chi connectivity index (χ1v) is 11.2. The number of carboxylic acid groups (broad SMARTS) is 1.